The molecule has 0 unspecified atom stereocenters. The Bertz CT molecular complexity index is 2860. The Morgan fingerprint density at radius 3 is 1.09 bits per heavy atom. The van der Waals surface area contributed by atoms with Gasteiger partial charge in [0, 0.05) is 25.7 Å². The van der Waals surface area contributed by atoms with E-state index in [9.17, 15) is 13.5 Å². The van der Waals surface area contributed by atoms with Gasteiger partial charge in [-0.3, -0.25) is 4.18 Å². The predicted molar refractivity (Wildman–Crippen MR) is 298 cm³/mol. The van der Waals surface area contributed by atoms with Crippen molar-refractivity contribution in [1.29, 1.82) is 0 Å². The maximum absolute atomic E-state index is 13.5. The van der Waals surface area contributed by atoms with Crippen molar-refractivity contribution in [3.05, 3.63) is 145 Å². The quantitative estimate of drug-likeness (QED) is 0.110. The fourth-order valence-electron chi connectivity index (χ4n) is 9.52. The molecule has 7 rings (SSSR count). The minimum atomic E-state index is -4.07. The Hall–Kier alpha value is -4.95. The van der Waals surface area contributed by atoms with Crippen molar-refractivity contribution in [1.82, 2.24) is 0 Å². The molecule has 10 bridgehead atoms. The van der Waals surface area contributed by atoms with Gasteiger partial charge < -0.3 is 38.3 Å². The van der Waals surface area contributed by atoms with Crippen molar-refractivity contribution >= 4 is 10.1 Å². The molecular weight excluding hydrogens is 965 g/mol. The van der Waals surface area contributed by atoms with Gasteiger partial charge in [-0.1, -0.05) is 149 Å². The molecule has 0 fully saturated rings. The standard InChI is InChI=1S/C63H84O11S/c1-42-14-16-55(17-15-42)75(65,66)74-29-28-73-59-49-31-44-35-51(60(2,3)4)34-43(56(44)70-19-18-64)30-45-36-52(61(5,6)7)37-46-32-47-38-53(62(8,9)10)39-48(33-50(59)41-54(40-49)63(11,12)13)58(47)72-27-25-69-23-21-67-20-22-68-24-26-71-57(45)46/h14-17,34-41,64H,18-33H2,1-13H3. The van der Waals surface area contributed by atoms with Crippen molar-refractivity contribution in [3.63, 3.8) is 0 Å². The van der Waals surface area contributed by atoms with E-state index < -0.39 is 10.1 Å². The van der Waals surface area contributed by atoms with Gasteiger partial charge in [-0.15, -0.1) is 0 Å². The van der Waals surface area contributed by atoms with Crippen LogP contribution in [-0.2, 0) is 75.9 Å². The first-order valence-corrected chi connectivity index (χ1v) is 28.2. The third kappa shape index (κ3) is 15.2. The van der Waals surface area contributed by atoms with Gasteiger partial charge in [0.2, 0.25) is 0 Å². The molecule has 11 nitrogen and oxygen atoms in total. The highest BCUT2D eigenvalue weighted by Crippen LogP contribution is 2.44. The largest absolute Gasteiger partial charge is 0.491 e. The van der Waals surface area contributed by atoms with Crippen LogP contribution >= 0.6 is 0 Å². The Morgan fingerprint density at radius 2 is 0.747 bits per heavy atom. The van der Waals surface area contributed by atoms with Crippen LogP contribution in [0.4, 0.5) is 0 Å². The van der Waals surface area contributed by atoms with Gasteiger partial charge in [0.15, 0.2) is 0 Å². The molecule has 0 atom stereocenters. The molecule has 1 heterocycles. The molecule has 408 valence electrons. The second-order valence-corrected chi connectivity index (χ2v) is 25.9. The number of hydrogen-bond acceptors (Lipinski definition) is 11. The molecule has 0 saturated heterocycles. The lowest BCUT2D eigenvalue weighted by Crippen LogP contribution is -2.19. The normalized spacial score (nSPS) is 15.7. The molecule has 2 aliphatic rings. The van der Waals surface area contributed by atoms with E-state index in [1.54, 1.807) is 24.3 Å². The minimum Gasteiger partial charge on any atom is -0.491 e. The second kappa shape index (κ2) is 24.2. The maximum atomic E-state index is 13.5. The highest BCUT2D eigenvalue weighted by Gasteiger charge is 2.30. The molecule has 0 saturated carbocycles. The molecule has 1 N–H and O–H groups in total. The number of benzene rings is 5. The number of rotatable bonds is 9. The Labute approximate surface area is 448 Å². The molecule has 5 aromatic rings. The fourth-order valence-corrected chi connectivity index (χ4v) is 10.4. The summed E-state index contributed by atoms with van der Waals surface area (Å²) in [5.41, 5.74) is 12.3. The molecule has 5 aromatic carbocycles. The van der Waals surface area contributed by atoms with E-state index >= 15 is 0 Å². The van der Waals surface area contributed by atoms with E-state index in [4.69, 9.17) is 37.3 Å². The molecule has 0 spiro atoms. The van der Waals surface area contributed by atoms with Gasteiger partial charge >= 0.3 is 0 Å². The summed E-state index contributed by atoms with van der Waals surface area (Å²) >= 11 is 0. The monoisotopic (exact) mass is 1050 g/mol. The zero-order chi connectivity index (χ0) is 54.3. The molecule has 12 heteroatoms. The topological polar surface area (TPSA) is 128 Å². The average Bonchev–Trinajstić information content (AvgIpc) is 3.31. The van der Waals surface area contributed by atoms with Crippen LogP contribution in [0, 0.1) is 6.92 Å². The Morgan fingerprint density at radius 1 is 0.440 bits per heavy atom. The van der Waals surface area contributed by atoms with Crippen molar-refractivity contribution in [2.75, 3.05) is 79.3 Å². The maximum Gasteiger partial charge on any atom is 0.297 e. The molecule has 0 aromatic heterocycles. The highest BCUT2D eigenvalue weighted by atomic mass is 32.2. The van der Waals surface area contributed by atoms with Crippen LogP contribution in [0.1, 0.15) is 155 Å². The van der Waals surface area contributed by atoms with Gasteiger partial charge in [-0.25, -0.2) is 0 Å². The van der Waals surface area contributed by atoms with Gasteiger partial charge in [-0.05, 0) is 107 Å². The number of ether oxygens (including phenoxy) is 7. The lowest BCUT2D eigenvalue weighted by atomic mass is 9.79. The summed E-state index contributed by atoms with van der Waals surface area (Å²) in [5, 5.41) is 10.4. The number of aliphatic hydroxyl groups excluding tert-OH is 1. The summed E-state index contributed by atoms with van der Waals surface area (Å²) < 4.78 is 78.3. The smallest absolute Gasteiger partial charge is 0.297 e. The second-order valence-electron chi connectivity index (χ2n) is 24.2. The van der Waals surface area contributed by atoms with E-state index in [2.05, 4.69) is 132 Å². The van der Waals surface area contributed by atoms with E-state index in [1.807, 2.05) is 6.92 Å². The number of aryl methyl sites for hydroxylation is 1. The third-order valence-corrected chi connectivity index (χ3v) is 15.2. The van der Waals surface area contributed by atoms with Crippen molar-refractivity contribution < 1.29 is 50.9 Å². The number of aliphatic hydroxyl groups is 1. The molecule has 1 aliphatic heterocycles. The summed E-state index contributed by atoms with van der Waals surface area (Å²) in [7, 11) is -4.07. The van der Waals surface area contributed by atoms with Crippen LogP contribution in [0.3, 0.4) is 0 Å². The summed E-state index contributed by atoms with van der Waals surface area (Å²) in [6.45, 7) is 31.4. The first-order valence-electron chi connectivity index (χ1n) is 26.8. The minimum absolute atomic E-state index is 0.0443. The zero-order valence-corrected chi connectivity index (χ0v) is 48.0. The van der Waals surface area contributed by atoms with Gasteiger partial charge in [-0.2, -0.15) is 8.42 Å². The number of hydrogen-bond donors (Lipinski definition) is 1. The average molecular weight is 1050 g/mol. The predicted octanol–water partition coefficient (Wildman–Crippen LogP) is 11.8. The Balaban J connectivity index is 1.54. The van der Waals surface area contributed by atoms with Crippen molar-refractivity contribution in [3.8, 4) is 23.0 Å². The first kappa shape index (κ1) is 57.7. The summed E-state index contributed by atoms with van der Waals surface area (Å²) in [6.07, 6.45) is 1.79. The zero-order valence-electron chi connectivity index (χ0n) is 47.2. The number of fused-ring (bicyclic) bond motifs is 4. The first-order chi connectivity index (χ1) is 35.3. The van der Waals surface area contributed by atoms with E-state index in [1.165, 1.54) is 5.56 Å². The van der Waals surface area contributed by atoms with Crippen molar-refractivity contribution in [2.24, 2.45) is 0 Å². The lowest BCUT2D eigenvalue weighted by molar-refractivity contribution is 0.00474. The van der Waals surface area contributed by atoms with Gasteiger partial charge in [0.1, 0.15) is 56.0 Å². The van der Waals surface area contributed by atoms with Crippen LogP contribution in [0.2, 0.25) is 0 Å². The molecule has 0 amide bonds. The van der Waals surface area contributed by atoms with Crippen LogP contribution in [-0.4, -0.2) is 92.8 Å². The van der Waals surface area contributed by atoms with Crippen molar-refractivity contribution in [2.45, 2.75) is 142 Å². The molecule has 1 aliphatic carbocycles. The van der Waals surface area contributed by atoms with Gasteiger partial charge in [0.05, 0.1) is 51.1 Å². The lowest BCUT2D eigenvalue weighted by Gasteiger charge is -2.29. The SMILES string of the molecule is Cc1ccc(S(=O)(=O)OCCOc2c3cc(C(C)(C)C)cc2Cc2cc(C(C)(C)C)cc4c2OCCOCCOCCOCCOc2c(cc(C(C)(C)C)cc2C4)Cc2cc(C(C)(C)C)cc(c2OCCO)C3)cc1. The summed E-state index contributed by atoms with van der Waals surface area (Å²) in [6, 6.07) is 24.8. The summed E-state index contributed by atoms with van der Waals surface area (Å²) in [5.74, 6) is 2.90. The highest BCUT2D eigenvalue weighted by molar-refractivity contribution is 7.86. The fraction of sp³-hybridized carbons (Fsp3) is 0.524. The molecular formula is C63H84O11S. The van der Waals surface area contributed by atoms with E-state index in [0.29, 0.717) is 90.0 Å². The van der Waals surface area contributed by atoms with Crippen LogP contribution in [0.5, 0.6) is 23.0 Å². The van der Waals surface area contributed by atoms with Crippen LogP contribution in [0.15, 0.2) is 77.7 Å². The van der Waals surface area contributed by atoms with E-state index in [-0.39, 0.29) is 53.0 Å². The Kier molecular flexibility index (Phi) is 18.6. The van der Waals surface area contributed by atoms with Gasteiger partial charge in [0.25, 0.3) is 10.1 Å². The molecule has 75 heavy (non-hydrogen) atoms. The third-order valence-electron chi connectivity index (χ3n) is 13.9. The van der Waals surface area contributed by atoms with Crippen LogP contribution < -0.4 is 18.9 Å². The molecule has 0 radical (unpaired) electrons. The van der Waals surface area contributed by atoms with Crippen LogP contribution in [0.25, 0.3) is 0 Å². The summed E-state index contributed by atoms with van der Waals surface area (Å²) in [4.78, 5) is 0.0885. The van der Waals surface area contributed by atoms with E-state index in [0.717, 1.165) is 78.3 Å².